The molecule has 0 spiro atoms. The van der Waals surface area contributed by atoms with E-state index in [9.17, 15) is 0 Å². The van der Waals surface area contributed by atoms with Crippen molar-refractivity contribution in [2.75, 3.05) is 7.11 Å². The van der Waals surface area contributed by atoms with Gasteiger partial charge in [-0.25, -0.2) is 4.99 Å². The van der Waals surface area contributed by atoms with Crippen LogP contribution >= 0.6 is 0 Å². The molecule has 0 atom stereocenters. The summed E-state index contributed by atoms with van der Waals surface area (Å²) in [6.07, 6.45) is 5.25. The molecular formula is C22H23N3O. The maximum Gasteiger partial charge on any atom is 0.144 e. The summed E-state index contributed by atoms with van der Waals surface area (Å²) in [4.78, 5) is 11.7. The van der Waals surface area contributed by atoms with E-state index >= 15 is 0 Å². The Morgan fingerprint density at radius 3 is 2.65 bits per heavy atom. The lowest BCUT2D eigenvalue weighted by atomic mass is 10.1. The number of ether oxygens (including phenoxy) is 1. The fourth-order valence-electron chi connectivity index (χ4n) is 3.66. The Labute approximate surface area is 152 Å². The van der Waals surface area contributed by atoms with Gasteiger partial charge in [0.05, 0.1) is 28.9 Å². The van der Waals surface area contributed by atoms with Crippen LogP contribution in [0.5, 0.6) is 5.75 Å². The van der Waals surface area contributed by atoms with E-state index in [1.807, 2.05) is 24.3 Å². The molecule has 4 rings (SSSR count). The lowest BCUT2D eigenvalue weighted by Crippen LogP contribution is -2.19. The van der Waals surface area contributed by atoms with E-state index in [0.717, 1.165) is 44.8 Å². The van der Waals surface area contributed by atoms with Crippen LogP contribution in [0.3, 0.4) is 0 Å². The summed E-state index contributed by atoms with van der Waals surface area (Å²) in [5, 5.41) is 4.05. The topological polar surface area (TPSA) is 53.2 Å². The first-order chi connectivity index (χ1) is 12.6. The number of para-hydroxylation sites is 1. The zero-order valence-corrected chi connectivity index (χ0v) is 15.6. The minimum atomic E-state index is 0.816. The van der Waals surface area contributed by atoms with E-state index in [4.69, 9.17) is 9.73 Å². The summed E-state index contributed by atoms with van der Waals surface area (Å²) in [5.74, 6) is 0.816. The normalized spacial score (nSPS) is 15.6. The third-order valence-corrected chi connectivity index (χ3v) is 5.05. The van der Waals surface area contributed by atoms with Crippen LogP contribution in [0.25, 0.3) is 17.8 Å². The smallest absolute Gasteiger partial charge is 0.144 e. The molecule has 0 aliphatic carbocycles. The zero-order valence-electron chi connectivity index (χ0n) is 15.6. The number of benzene rings is 1. The van der Waals surface area contributed by atoms with Crippen LogP contribution in [0.15, 0.2) is 35.3 Å². The maximum atomic E-state index is 5.59. The van der Waals surface area contributed by atoms with Gasteiger partial charge in [0.2, 0.25) is 0 Å². The van der Waals surface area contributed by atoms with Crippen LogP contribution in [-0.4, -0.2) is 17.1 Å². The predicted molar refractivity (Wildman–Crippen MR) is 105 cm³/mol. The van der Waals surface area contributed by atoms with Crippen molar-refractivity contribution in [1.82, 2.24) is 9.97 Å². The second-order valence-corrected chi connectivity index (χ2v) is 6.63. The Balaban J connectivity index is 1.91. The van der Waals surface area contributed by atoms with Crippen molar-refractivity contribution in [3.05, 3.63) is 74.1 Å². The highest BCUT2D eigenvalue weighted by Crippen LogP contribution is 2.19. The van der Waals surface area contributed by atoms with Crippen molar-refractivity contribution in [1.29, 1.82) is 0 Å². The number of nitrogens with zero attached hydrogens (tertiary/aromatic N) is 1. The molecule has 0 saturated carbocycles. The summed E-state index contributed by atoms with van der Waals surface area (Å²) in [6, 6.07) is 10.2. The molecule has 1 aliphatic rings. The van der Waals surface area contributed by atoms with Gasteiger partial charge in [0.15, 0.2) is 0 Å². The Hall–Kier alpha value is -3.01. The molecule has 3 heterocycles. The number of aromatic amines is 2. The van der Waals surface area contributed by atoms with Gasteiger partial charge >= 0.3 is 0 Å². The highest BCUT2D eigenvalue weighted by molar-refractivity contribution is 5.76. The van der Waals surface area contributed by atoms with Crippen LogP contribution < -0.4 is 26.0 Å². The second-order valence-electron chi connectivity index (χ2n) is 6.63. The molecule has 2 aromatic heterocycles. The predicted octanol–water partition coefficient (Wildman–Crippen LogP) is 1.58. The largest absolute Gasteiger partial charge is 0.494 e. The number of rotatable bonds is 3. The Bertz CT molecular complexity index is 1190. The third-order valence-electron chi connectivity index (χ3n) is 5.05. The summed E-state index contributed by atoms with van der Waals surface area (Å²) in [5.41, 5.74) is 5.95. The first-order valence-corrected chi connectivity index (χ1v) is 8.93. The van der Waals surface area contributed by atoms with E-state index in [1.54, 1.807) is 7.11 Å². The Morgan fingerprint density at radius 2 is 1.96 bits per heavy atom. The van der Waals surface area contributed by atoms with Crippen LogP contribution in [0.2, 0.25) is 0 Å². The molecule has 0 amide bonds. The summed E-state index contributed by atoms with van der Waals surface area (Å²) in [6.45, 7) is 6.47. The molecule has 1 aromatic carbocycles. The van der Waals surface area contributed by atoms with Gasteiger partial charge in [0.25, 0.3) is 0 Å². The number of aryl methyl sites for hydroxylation is 1. The number of aromatic nitrogens is 2. The Kier molecular flexibility index (Phi) is 4.03. The van der Waals surface area contributed by atoms with E-state index in [2.05, 4.69) is 49.0 Å². The fourth-order valence-corrected chi connectivity index (χ4v) is 3.66. The molecule has 132 valence electrons. The summed E-state index contributed by atoms with van der Waals surface area (Å²) in [7, 11) is 1.70. The van der Waals surface area contributed by atoms with Crippen LogP contribution in [0.4, 0.5) is 0 Å². The van der Waals surface area contributed by atoms with Gasteiger partial charge in [0, 0.05) is 22.7 Å². The molecule has 0 fully saturated rings. The van der Waals surface area contributed by atoms with Crippen molar-refractivity contribution in [3.63, 3.8) is 0 Å². The maximum absolute atomic E-state index is 5.59. The third kappa shape index (κ3) is 2.68. The molecule has 3 aromatic rings. The van der Waals surface area contributed by atoms with Gasteiger partial charge in [-0.15, -0.1) is 0 Å². The van der Waals surface area contributed by atoms with Crippen molar-refractivity contribution < 1.29 is 4.74 Å². The summed E-state index contributed by atoms with van der Waals surface area (Å²) < 4.78 is 5.59. The summed E-state index contributed by atoms with van der Waals surface area (Å²) >= 11 is 0. The average Bonchev–Trinajstić information content (AvgIpc) is 3.31. The van der Waals surface area contributed by atoms with Crippen LogP contribution in [-0.2, 0) is 6.42 Å². The Morgan fingerprint density at radius 1 is 1.15 bits per heavy atom. The fraction of sp³-hybridized carbons (Fsp3) is 0.227. The van der Waals surface area contributed by atoms with Gasteiger partial charge in [0.1, 0.15) is 5.75 Å². The lowest BCUT2D eigenvalue weighted by molar-refractivity contribution is 0.412. The number of H-pyrrole nitrogens is 2. The SMILES string of the molecule is CCc1c(C)[nH]c(/C=c2\[nH]/c(=C3/C=c4ccccc4=N3)cc2OC)c1C. The quantitative estimate of drug-likeness (QED) is 0.744. The minimum absolute atomic E-state index is 0.816. The highest BCUT2D eigenvalue weighted by atomic mass is 16.5. The molecule has 2 N–H and O–H groups in total. The minimum Gasteiger partial charge on any atom is -0.494 e. The number of fused-ring (bicyclic) bond motifs is 1. The molecule has 0 unspecified atom stereocenters. The van der Waals surface area contributed by atoms with Crippen molar-refractivity contribution in [3.8, 4) is 5.75 Å². The van der Waals surface area contributed by atoms with Crippen molar-refractivity contribution >= 4 is 17.8 Å². The zero-order chi connectivity index (χ0) is 18.3. The molecule has 0 radical (unpaired) electrons. The van der Waals surface area contributed by atoms with Gasteiger partial charge < -0.3 is 14.7 Å². The number of hydrogen-bond acceptors (Lipinski definition) is 2. The first kappa shape index (κ1) is 16.5. The number of hydrogen-bond donors (Lipinski definition) is 2. The van der Waals surface area contributed by atoms with Gasteiger partial charge in [-0.2, -0.15) is 0 Å². The molecule has 4 nitrogen and oxygen atoms in total. The van der Waals surface area contributed by atoms with E-state index < -0.39 is 0 Å². The van der Waals surface area contributed by atoms with Gasteiger partial charge in [-0.3, -0.25) is 0 Å². The van der Waals surface area contributed by atoms with Crippen LogP contribution in [0, 0.1) is 13.8 Å². The molecular weight excluding hydrogens is 322 g/mol. The molecule has 26 heavy (non-hydrogen) atoms. The van der Waals surface area contributed by atoms with E-state index in [1.165, 1.54) is 16.8 Å². The molecule has 4 heteroatoms. The van der Waals surface area contributed by atoms with E-state index in [0.29, 0.717) is 0 Å². The van der Waals surface area contributed by atoms with E-state index in [-0.39, 0.29) is 0 Å². The highest BCUT2D eigenvalue weighted by Gasteiger charge is 2.10. The van der Waals surface area contributed by atoms with Crippen molar-refractivity contribution in [2.45, 2.75) is 27.2 Å². The van der Waals surface area contributed by atoms with Crippen molar-refractivity contribution in [2.24, 2.45) is 4.99 Å². The standard InChI is InChI=1S/C22H23N3O/c1-5-16-13(2)18(23-14(16)3)11-21-22(26-4)12-20(25-21)19-10-15-8-6-7-9-17(15)24-19/h6-12,23,25H,5H2,1-4H3/b20-19-,21-11-. The monoisotopic (exact) mass is 345 g/mol. The molecule has 0 saturated heterocycles. The average molecular weight is 345 g/mol. The lowest BCUT2D eigenvalue weighted by Gasteiger charge is -1.96. The molecule has 1 aliphatic heterocycles. The number of nitrogens with one attached hydrogen (secondary N) is 2. The van der Waals surface area contributed by atoms with Crippen LogP contribution in [0.1, 0.15) is 29.4 Å². The molecule has 0 bridgehead atoms. The van der Waals surface area contributed by atoms with Gasteiger partial charge in [-0.05, 0) is 49.6 Å². The van der Waals surface area contributed by atoms with Gasteiger partial charge in [-0.1, -0.05) is 25.1 Å². The first-order valence-electron chi connectivity index (χ1n) is 8.93. The second kappa shape index (κ2) is 6.37. The number of methoxy groups -OCH3 is 1.